The molecule has 4 aromatic heterocycles. The Morgan fingerprint density at radius 1 is 0.879 bits per heavy atom. The van der Waals surface area contributed by atoms with Crippen LogP contribution in [-0.4, -0.2) is 39.2 Å². The second kappa shape index (κ2) is 9.10. The number of anilines is 3. The van der Waals surface area contributed by atoms with E-state index in [9.17, 15) is 5.11 Å². The van der Waals surface area contributed by atoms with Crippen LogP contribution >= 0.6 is 0 Å². The van der Waals surface area contributed by atoms with Gasteiger partial charge in [-0.15, -0.1) is 0 Å². The summed E-state index contributed by atoms with van der Waals surface area (Å²) in [6.07, 6.45) is 6.75. The molecule has 0 unspecified atom stereocenters. The predicted molar refractivity (Wildman–Crippen MR) is 129 cm³/mol. The number of nitrogens with one attached hydrogen (secondary N) is 2. The summed E-state index contributed by atoms with van der Waals surface area (Å²) in [5.41, 5.74) is 1.16. The first-order valence-corrected chi connectivity index (χ1v) is 10.3. The van der Waals surface area contributed by atoms with Gasteiger partial charge < -0.3 is 20.5 Å². The van der Waals surface area contributed by atoms with Crippen molar-refractivity contribution < 1.29 is 9.84 Å². The third kappa shape index (κ3) is 5.00. The molecule has 0 spiro atoms. The minimum atomic E-state index is -0.949. The van der Waals surface area contributed by atoms with Crippen LogP contribution in [0, 0.1) is 11.8 Å². The molecule has 4 aromatic rings. The lowest BCUT2D eigenvalue weighted by Crippen LogP contribution is -2.15. The summed E-state index contributed by atoms with van der Waals surface area (Å²) >= 11 is 0. The van der Waals surface area contributed by atoms with Crippen molar-refractivity contribution in [2.24, 2.45) is 0 Å². The van der Waals surface area contributed by atoms with Crippen LogP contribution in [-0.2, 0) is 5.60 Å². The zero-order chi connectivity index (χ0) is 23.4. The fourth-order valence-corrected chi connectivity index (χ4v) is 3.17. The summed E-state index contributed by atoms with van der Waals surface area (Å²) in [5, 5.41) is 18.2. The zero-order valence-electron chi connectivity index (χ0n) is 18.8. The van der Waals surface area contributed by atoms with Gasteiger partial charge in [-0.3, -0.25) is 0 Å². The van der Waals surface area contributed by atoms with E-state index in [1.165, 1.54) is 0 Å². The average molecular weight is 441 g/mol. The highest BCUT2D eigenvalue weighted by Gasteiger charge is 2.16. The standard InChI is InChI=1S/C25H24N6O2/c1-25(2,32)17-6-10-22(28-13-17)31-23-11-20-16(12-30-24(26-3)21(20)15-29-23)5-7-18-8-9-19(33-4)14-27-18/h6,8-15,32H,1-4H3,(H,26,30)(H,28,29,31). The molecule has 0 amide bonds. The first-order chi connectivity index (χ1) is 15.9. The number of aliphatic hydroxyl groups is 1. The average Bonchev–Trinajstić information content (AvgIpc) is 2.82. The van der Waals surface area contributed by atoms with Crippen LogP contribution in [0.5, 0.6) is 5.75 Å². The molecular formula is C25H24N6O2. The van der Waals surface area contributed by atoms with Gasteiger partial charge in [0.1, 0.15) is 28.9 Å². The van der Waals surface area contributed by atoms with Crippen LogP contribution in [0.3, 0.4) is 0 Å². The van der Waals surface area contributed by atoms with Crippen molar-refractivity contribution in [1.82, 2.24) is 19.9 Å². The Morgan fingerprint density at radius 2 is 1.70 bits per heavy atom. The Hall–Kier alpha value is -4.22. The molecule has 0 radical (unpaired) electrons. The van der Waals surface area contributed by atoms with E-state index in [1.807, 2.05) is 25.2 Å². The summed E-state index contributed by atoms with van der Waals surface area (Å²) in [7, 11) is 3.41. The molecule has 8 nitrogen and oxygen atoms in total. The summed E-state index contributed by atoms with van der Waals surface area (Å²) in [6.45, 7) is 3.44. The van der Waals surface area contributed by atoms with Gasteiger partial charge in [0.15, 0.2) is 0 Å². The maximum atomic E-state index is 10.1. The molecular weight excluding hydrogens is 416 g/mol. The summed E-state index contributed by atoms with van der Waals surface area (Å²) in [5.74, 6) is 8.87. The lowest BCUT2D eigenvalue weighted by atomic mass is 10.0. The van der Waals surface area contributed by atoms with E-state index in [4.69, 9.17) is 4.74 Å². The van der Waals surface area contributed by atoms with Gasteiger partial charge in [0.2, 0.25) is 0 Å². The first-order valence-electron chi connectivity index (χ1n) is 10.3. The van der Waals surface area contributed by atoms with Gasteiger partial charge in [-0.25, -0.2) is 19.9 Å². The van der Waals surface area contributed by atoms with E-state index < -0.39 is 5.60 Å². The SMILES string of the molecule is CNc1ncc(C#Cc2ccc(OC)cn2)c2cc(Nc3ccc(C(C)(C)O)cn3)ncc12. The van der Waals surface area contributed by atoms with E-state index in [-0.39, 0.29) is 0 Å². The van der Waals surface area contributed by atoms with E-state index in [0.29, 0.717) is 28.9 Å². The van der Waals surface area contributed by atoms with Gasteiger partial charge in [-0.2, -0.15) is 0 Å². The highest BCUT2D eigenvalue weighted by molar-refractivity contribution is 5.96. The van der Waals surface area contributed by atoms with Gasteiger partial charge in [0, 0.05) is 42.0 Å². The normalized spacial score (nSPS) is 10.9. The lowest BCUT2D eigenvalue weighted by Gasteiger charge is -2.17. The fraction of sp³-hybridized carbons (Fsp3) is 0.200. The molecule has 0 aromatic carbocycles. The zero-order valence-corrected chi connectivity index (χ0v) is 18.8. The maximum Gasteiger partial charge on any atom is 0.137 e. The number of fused-ring (bicyclic) bond motifs is 1. The van der Waals surface area contributed by atoms with E-state index >= 15 is 0 Å². The minimum absolute atomic E-state index is 0.616. The molecule has 0 saturated carbocycles. The van der Waals surface area contributed by atoms with Gasteiger partial charge in [0.05, 0.1) is 24.5 Å². The Bertz CT molecular complexity index is 1330. The number of ether oxygens (including phenoxy) is 1. The van der Waals surface area contributed by atoms with Crippen LogP contribution in [0.2, 0.25) is 0 Å². The molecule has 33 heavy (non-hydrogen) atoms. The van der Waals surface area contributed by atoms with Crippen molar-refractivity contribution >= 4 is 28.2 Å². The van der Waals surface area contributed by atoms with E-state index in [2.05, 4.69) is 42.4 Å². The number of nitrogens with zero attached hydrogens (tertiary/aromatic N) is 4. The summed E-state index contributed by atoms with van der Waals surface area (Å²) in [6, 6.07) is 9.18. The van der Waals surface area contributed by atoms with Crippen molar-refractivity contribution in [2.45, 2.75) is 19.4 Å². The Balaban J connectivity index is 1.68. The molecule has 0 aliphatic heterocycles. The molecule has 3 N–H and O–H groups in total. The number of hydrogen-bond acceptors (Lipinski definition) is 8. The Morgan fingerprint density at radius 3 is 2.33 bits per heavy atom. The molecule has 0 fully saturated rings. The Kier molecular flexibility index (Phi) is 6.07. The molecule has 4 rings (SSSR count). The molecule has 8 heteroatoms. The minimum Gasteiger partial charge on any atom is -0.495 e. The van der Waals surface area contributed by atoms with Crippen molar-refractivity contribution in [1.29, 1.82) is 0 Å². The van der Waals surface area contributed by atoms with Crippen molar-refractivity contribution in [3.8, 4) is 17.6 Å². The molecule has 166 valence electrons. The largest absolute Gasteiger partial charge is 0.495 e. The molecule has 0 atom stereocenters. The van der Waals surface area contributed by atoms with E-state index in [1.54, 1.807) is 57.9 Å². The number of pyridine rings is 4. The van der Waals surface area contributed by atoms with E-state index in [0.717, 1.165) is 21.9 Å². The topological polar surface area (TPSA) is 105 Å². The van der Waals surface area contributed by atoms with Crippen molar-refractivity contribution in [3.05, 3.63) is 71.9 Å². The second-order valence-corrected chi connectivity index (χ2v) is 7.84. The fourth-order valence-electron chi connectivity index (χ4n) is 3.17. The number of methoxy groups -OCH3 is 1. The highest BCUT2D eigenvalue weighted by Crippen LogP contribution is 2.27. The third-order valence-electron chi connectivity index (χ3n) is 5.03. The number of aromatic nitrogens is 4. The predicted octanol–water partition coefficient (Wildman–Crippen LogP) is 3.84. The molecule has 0 bridgehead atoms. The Labute approximate surface area is 192 Å². The number of hydrogen-bond donors (Lipinski definition) is 3. The van der Waals surface area contributed by atoms with Gasteiger partial charge in [-0.1, -0.05) is 12.0 Å². The third-order valence-corrected chi connectivity index (χ3v) is 5.03. The van der Waals surface area contributed by atoms with Crippen LogP contribution in [0.4, 0.5) is 17.5 Å². The highest BCUT2D eigenvalue weighted by atomic mass is 16.5. The smallest absolute Gasteiger partial charge is 0.137 e. The van der Waals surface area contributed by atoms with Crippen LogP contribution < -0.4 is 15.4 Å². The monoisotopic (exact) mass is 440 g/mol. The molecule has 0 saturated heterocycles. The molecule has 0 aliphatic rings. The van der Waals surface area contributed by atoms with Crippen LogP contribution in [0.1, 0.15) is 30.7 Å². The lowest BCUT2D eigenvalue weighted by molar-refractivity contribution is 0.0782. The second-order valence-electron chi connectivity index (χ2n) is 7.84. The maximum absolute atomic E-state index is 10.1. The molecule has 0 aliphatic carbocycles. The van der Waals surface area contributed by atoms with Crippen LogP contribution in [0.15, 0.2) is 55.1 Å². The summed E-state index contributed by atoms with van der Waals surface area (Å²) < 4.78 is 5.14. The van der Waals surface area contributed by atoms with Crippen molar-refractivity contribution in [2.75, 3.05) is 24.8 Å². The van der Waals surface area contributed by atoms with Crippen molar-refractivity contribution in [3.63, 3.8) is 0 Å². The first kappa shape index (κ1) is 22.0. The van der Waals surface area contributed by atoms with Gasteiger partial charge in [-0.05, 0) is 44.0 Å². The summed E-state index contributed by atoms with van der Waals surface area (Å²) in [4.78, 5) is 17.6. The number of rotatable bonds is 5. The van der Waals surface area contributed by atoms with Gasteiger partial charge >= 0.3 is 0 Å². The molecule has 4 heterocycles. The van der Waals surface area contributed by atoms with Crippen LogP contribution in [0.25, 0.3) is 10.8 Å². The van der Waals surface area contributed by atoms with Gasteiger partial charge in [0.25, 0.3) is 0 Å². The quantitative estimate of drug-likeness (QED) is 0.402.